The molecule has 3 saturated carbocycles. The molecule has 0 radical (unpaired) electrons. The van der Waals surface area contributed by atoms with Crippen LogP contribution in [0.2, 0.25) is 0 Å². The van der Waals surface area contributed by atoms with Gasteiger partial charge in [0.15, 0.2) is 0 Å². The van der Waals surface area contributed by atoms with Crippen molar-refractivity contribution in [2.45, 2.75) is 64.0 Å². The normalized spacial score (nSPS) is 42.3. The molecule has 0 aliphatic heterocycles. The third kappa shape index (κ3) is 1.78. The first-order chi connectivity index (χ1) is 9.71. The third-order valence-electron chi connectivity index (χ3n) is 6.44. The number of nitrogens with zero attached hydrogens (tertiary/aromatic N) is 2. The number of aryl methyl sites for hydroxylation is 1. The topological polar surface area (TPSA) is 43.8 Å². The molecule has 4 rings (SSSR count). The minimum Gasteiger partial charge on any atom is -0.335 e. The molecule has 3 fully saturated rings. The highest BCUT2D eigenvalue weighted by atomic mass is 15.1. The Labute approximate surface area is 122 Å². The van der Waals surface area contributed by atoms with E-state index in [0.717, 1.165) is 43.1 Å². The highest BCUT2D eigenvalue weighted by molar-refractivity contribution is 5.15. The molecule has 0 aromatic carbocycles. The summed E-state index contributed by atoms with van der Waals surface area (Å²) in [5.74, 6) is 4.87. The van der Waals surface area contributed by atoms with Crippen LogP contribution in [0.1, 0.15) is 51.3 Å². The number of imidazole rings is 1. The molecule has 2 bridgehead atoms. The first-order valence-electron chi connectivity index (χ1n) is 8.50. The Hall–Kier alpha value is -0.830. The van der Waals surface area contributed by atoms with Gasteiger partial charge in [0.05, 0.1) is 0 Å². The van der Waals surface area contributed by atoms with E-state index in [1.54, 1.807) is 0 Å². The summed E-state index contributed by atoms with van der Waals surface area (Å²) in [4.78, 5) is 4.60. The summed E-state index contributed by atoms with van der Waals surface area (Å²) in [5.41, 5.74) is 6.94. The molecule has 110 valence electrons. The van der Waals surface area contributed by atoms with Crippen LogP contribution in [0.4, 0.5) is 0 Å². The number of hydrogen-bond donors (Lipinski definition) is 1. The van der Waals surface area contributed by atoms with Gasteiger partial charge in [-0.15, -0.1) is 0 Å². The monoisotopic (exact) mass is 273 g/mol. The third-order valence-corrected chi connectivity index (χ3v) is 6.44. The molecule has 1 aromatic heterocycles. The van der Waals surface area contributed by atoms with Crippen LogP contribution in [0.5, 0.6) is 0 Å². The summed E-state index contributed by atoms with van der Waals surface area (Å²) in [5, 5.41) is 0. The van der Waals surface area contributed by atoms with Gasteiger partial charge >= 0.3 is 0 Å². The maximum atomic E-state index is 6.90. The highest BCUT2D eigenvalue weighted by Gasteiger charge is 2.59. The molecule has 3 heteroatoms. The van der Waals surface area contributed by atoms with Crippen molar-refractivity contribution in [3.05, 3.63) is 18.2 Å². The molecule has 5 atom stereocenters. The fourth-order valence-corrected chi connectivity index (χ4v) is 5.76. The van der Waals surface area contributed by atoms with Crippen molar-refractivity contribution >= 4 is 0 Å². The molecule has 0 amide bonds. The van der Waals surface area contributed by atoms with E-state index in [0.29, 0.717) is 0 Å². The van der Waals surface area contributed by atoms with Gasteiger partial charge < -0.3 is 10.3 Å². The second-order valence-electron chi connectivity index (χ2n) is 7.51. The van der Waals surface area contributed by atoms with Crippen LogP contribution >= 0.6 is 0 Å². The van der Waals surface area contributed by atoms with Gasteiger partial charge in [0.2, 0.25) is 0 Å². The Morgan fingerprint density at radius 1 is 1.40 bits per heavy atom. The molecule has 0 saturated heterocycles. The number of aromatic nitrogens is 2. The molecular formula is C17H27N3. The van der Waals surface area contributed by atoms with E-state index in [2.05, 4.69) is 22.7 Å². The van der Waals surface area contributed by atoms with Crippen LogP contribution in [0, 0.1) is 23.7 Å². The lowest BCUT2D eigenvalue weighted by atomic mass is 9.70. The maximum absolute atomic E-state index is 6.90. The van der Waals surface area contributed by atoms with E-state index in [1.807, 2.05) is 6.20 Å². The maximum Gasteiger partial charge on any atom is 0.110 e. The van der Waals surface area contributed by atoms with Crippen molar-refractivity contribution < 1.29 is 0 Å². The van der Waals surface area contributed by atoms with Gasteiger partial charge in [0, 0.05) is 30.9 Å². The van der Waals surface area contributed by atoms with Crippen LogP contribution < -0.4 is 5.73 Å². The van der Waals surface area contributed by atoms with Gasteiger partial charge in [-0.3, -0.25) is 0 Å². The van der Waals surface area contributed by atoms with E-state index in [-0.39, 0.29) is 5.54 Å². The zero-order valence-electron chi connectivity index (χ0n) is 12.6. The fraction of sp³-hybridized carbons (Fsp3) is 0.824. The molecule has 0 spiro atoms. The van der Waals surface area contributed by atoms with Crippen LogP contribution in [-0.4, -0.2) is 15.1 Å². The minimum atomic E-state index is 0.0347. The highest BCUT2D eigenvalue weighted by Crippen LogP contribution is 2.62. The van der Waals surface area contributed by atoms with Gasteiger partial charge in [-0.1, -0.05) is 13.3 Å². The molecule has 5 unspecified atom stereocenters. The Morgan fingerprint density at radius 2 is 2.25 bits per heavy atom. The van der Waals surface area contributed by atoms with E-state index in [4.69, 9.17) is 5.73 Å². The van der Waals surface area contributed by atoms with Gasteiger partial charge in [-0.25, -0.2) is 4.98 Å². The summed E-state index contributed by atoms with van der Waals surface area (Å²) in [6.45, 7) is 3.30. The minimum absolute atomic E-state index is 0.0347. The molecule has 1 heterocycles. The fourth-order valence-electron chi connectivity index (χ4n) is 5.76. The summed E-state index contributed by atoms with van der Waals surface area (Å²) in [6.07, 6.45) is 13.2. The summed E-state index contributed by atoms with van der Waals surface area (Å²) in [6, 6.07) is 0. The lowest BCUT2D eigenvalue weighted by Gasteiger charge is -2.40. The molecular weight excluding hydrogens is 246 g/mol. The average molecular weight is 273 g/mol. The lowest BCUT2D eigenvalue weighted by Crippen LogP contribution is -2.51. The Kier molecular flexibility index (Phi) is 2.95. The van der Waals surface area contributed by atoms with E-state index in [1.165, 1.54) is 37.9 Å². The first-order valence-corrected chi connectivity index (χ1v) is 8.50. The standard InChI is InChI=1S/C17H27N3/c1-2-7-20-8-6-19-16(20)11-17(18)10-12-9-15(17)14-5-3-4-13(12)14/h6,8,12-15H,2-5,7,9-11,18H2,1H3. The number of hydrogen-bond acceptors (Lipinski definition) is 2. The zero-order chi connectivity index (χ0) is 13.7. The van der Waals surface area contributed by atoms with Crippen LogP contribution in [0.3, 0.4) is 0 Å². The molecule has 1 aromatic rings. The lowest BCUT2D eigenvalue weighted by molar-refractivity contribution is 0.153. The van der Waals surface area contributed by atoms with Crippen molar-refractivity contribution in [3.63, 3.8) is 0 Å². The van der Waals surface area contributed by atoms with Gasteiger partial charge in [-0.05, 0) is 55.8 Å². The van der Waals surface area contributed by atoms with Gasteiger partial charge in [0.1, 0.15) is 5.82 Å². The number of nitrogens with two attached hydrogens (primary N) is 1. The quantitative estimate of drug-likeness (QED) is 0.916. The predicted molar refractivity (Wildman–Crippen MR) is 80.2 cm³/mol. The van der Waals surface area contributed by atoms with Crippen molar-refractivity contribution in [3.8, 4) is 0 Å². The summed E-state index contributed by atoms with van der Waals surface area (Å²) in [7, 11) is 0. The van der Waals surface area contributed by atoms with Crippen molar-refractivity contribution in [2.75, 3.05) is 0 Å². The second kappa shape index (κ2) is 4.59. The largest absolute Gasteiger partial charge is 0.335 e. The predicted octanol–water partition coefficient (Wildman–Crippen LogP) is 2.99. The van der Waals surface area contributed by atoms with Gasteiger partial charge in [-0.2, -0.15) is 0 Å². The number of rotatable bonds is 4. The number of fused-ring (bicyclic) bond motifs is 5. The van der Waals surface area contributed by atoms with Crippen molar-refractivity contribution in [2.24, 2.45) is 29.4 Å². The molecule has 20 heavy (non-hydrogen) atoms. The van der Waals surface area contributed by atoms with E-state index in [9.17, 15) is 0 Å². The van der Waals surface area contributed by atoms with E-state index >= 15 is 0 Å². The second-order valence-corrected chi connectivity index (χ2v) is 7.51. The Morgan fingerprint density at radius 3 is 3.10 bits per heavy atom. The van der Waals surface area contributed by atoms with Crippen LogP contribution in [0.15, 0.2) is 12.4 Å². The summed E-state index contributed by atoms with van der Waals surface area (Å²) >= 11 is 0. The zero-order valence-corrected chi connectivity index (χ0v) is 12.6. The van der Waals surface area contributed by atoms with Crippen LogP contribution in [-0.2, 0) is 13.0 Å². The van der Waals surface area contributed by atoms with E-state index < -0.39 is 0 Å². The van der Waals surface area contributed by atoms with Gasteiger partial charge in [0.25, 0.3) is 0 Å². The molecule has 3 nitrogen and oxygen atoms in total. The Balaban J connectivity index is 1.55. The van der Waals surface area contributed by atoms with Crippen molar-refractivity contribution in [1.82, 2.24) is 9.55 Å². The SMILES string of the molecule is CCCn1ccnc1CC1(N)CC2CC1C1CCCC21. The molecule has 3 aliphatic rings. The van der Waals surface area contributed by atoms with Crippen LogP contribution in [0.25, 0.3) is 0 Å². The molecule has 3 aliphatic carbocycles. The summed E-state index contributed by atoms with van der Waals surface area (Å²) < 4.78 is 2.31. The smallest absolute Gasteiger partial charge is 0.110 e. The first kappa shape index (κ1) is 12.9. The Bertz CT molecular complexity index is 494. The average Bonchev–Trinajstić information content (AvgIpc) is 3.11. The molecule has 2 N–H and O–H groups in total. The van der Waals surface area contributed by atoms with Crippen molar-refractivity contribution in [1.29, 1.82) is 0 Å².